The third-order valence-electron chi connectivity index (χ3n) is 7.05. The van der Waals surface area contributed by atoms with E-state index in [4.69, 9.17) is 9.72 Å². The van der Waals surface area contributed by atoms with Gasteiger partial charge in [0.05, 0.1) is 5.69 Å². The minimum atomic E-state index is -0.766. The number of fused-ring (bicyclic) bond motifs is 1. The van der Waals surface area contributed by atoms with Crippen molar-refractivity contribution in [1.29, 1.82) is 0 Å². The van der Waals surface area contributed by atoms with Gasteiger partial charge in [0, 0.05) is 48.8 Å². The predicted molar refractivity (Wildman–Crippen MR) is 122 cm³/mol. The third kappa shape index (κ3) is 4.49. The van der Waals surface area contributed by atoms with E-state index >= 15 is 0 Å². The van der Waals surface area contributed by atoms with Crippen molar-refractivity contribution in [2.75, 3.05) is 19.6 Å². The van der Waals surface area contributed by atoms with Gasteiger partial charge in [-0.15, -0.1) is 11.3 Å². The highest BCUT2D eigenvalue weighted by Crippen LogP contribution is 2.35. The third-order valence-corrected chi connectivity index (χ3v) is 8.18. The Labute approximate surface area is 187 Å². The number of carboxylic acids is 1. The van der Waals surface area contributed by atoms with Gasteiger partial charge in [-0.3, -0.25) is 9.69 Å². The summed E-state index contributed by atoms with van der Waals surface area (Å²) in [4.78, 5) is 22.0. The molecule has 1 aromatic carbocycles. The summed E-state index contributed by atoms with van der Waals surface area (Å²) in [7, 11) is 0. The van der Waals surface area contributed by atoms with Crippen LogP contribution in [0.15, 0.2) is 24.3 Å². The number of likely N-dealkylation sites (tertiary alicyclic amines) is 1. The van der Waals surface area contributed by atoms with E-state index in [1.165, 1.54) is 37.2 Å². The summed E-state index contributed by atoms with van der Waals surface area (Å²) in [6.07, 6.45) is 7.52. The molecule has 1 aromatic heterocycles. The van der Waals surface area contributed by atoms with Crippen molar-refractivity contribution < 1.29 is 14.6 Å². The molecule has 1 atom stereocenters. The van der Waals surface area contributed by atoms with Gasteiger partial charge >= 0.3 is 5.97 Å². The van der Waals surface area contributed by atoms with Gasteiger partial charge in [-0.1, -0.05) is 6.42 Å². The summed E-state index contributed by atoms with van der Waals surface area (Å²) in [6.45, 7) is 5.69. The Balaban J connectivity index is 1.17. The quantitative estimate of drug-likeness (QED) is 0.730. The lowest BCUT2D eigenvalue weighted by molar-refractivity contribution is -0.142. The highest BCUT2D eigenvalue weighted by Gasteiger charge is 2.35. The molecule has 3 heterocycles. The van der Waals surface area contributed by atoms with Crippen LogP contribution in [-0.4, -0.2) is 63.7 Å². The van der Waals surface area contributed by atoms with E-state index in [9.17, 15) is 9.90 Å². The summed E-state index contributed by atoms with van der Waals surface area (Å²) in [5, 5.41) is 10.3. The van der Waals surface area contributed by atoms with E-state index in [0.29, 0.717) is 12.6 Å². The lowest BCUT2D eigenvalue weighted by atomic mass is 9.86. The zero-order valence-corrected chi connectivity index (χ0v) is 18.9. The number of hydrogen-bond acceptors (Lipinski definition) is 6. The number of carbonyl (C=O) groups is 1. The Hall–Kier alpha value is -1.96. The van der Waals surface area contributed by atoms with Crippen LogP contribution < -0.4 is 4.74 Å². The predicted octanol–water partition coefficient (Wildman–Crippen LogP) is 4.04. The Morgan fingerprint density at radius 2 is 1.90 bits per heavy atom. The fourth-order valence-corrected chi connectivity index (χ4v) is 6.05. The standard InChI is InChI=1S/C24H31N3O3S/c1-16(24(28)29)27-12-9-21-22(15-27)31-23(25-21)17-5-7-19(8-6-17)30-20-13-18(14-20)26-10-3-2-4-11-26/h5-8,16,18,20H,2-4,9-15H2,1H3,(H,28,29)/t16?,18-,20-. The van der Waals surface area contributed by atoms with Crippen LogP contribution in [0, 0.1) is 0 Å². The van der Waals surface area contributed by atoms with Crippen LogP contribution in [0.2, 0.25) is 0 Å². The highest BCUT2D eigenvalue weighted by atomic mass is 32.1. The van der Waals surface area contributed by atoms with Crippen molar-refractivity contribution in [1.82, 2.24) is 14.8 Å². The summed E-state index contributed by atoms with van der Waals surface area (Å²) in [5.41, 5.74) is 2.22. The molecule has 0 amide bonds. The number of aliphatic carboxylic acids is 1. The van der Waals surface area contributed by atoms with Crippen molar-refractivity contribution in [3.63, 3.8) is 0 Å². The van der Waals surface area contributed by atoms with Crippen LogP contribution in [0.4, 0.5) is 0 Å². The molecule has 0 spiro atoms. The van der Waals surface area contributed by atoms with Crippen LogP contribution >= 0.6 is 11.3 Å². The van der Waals surface area contributed by atoms with Crippen molar-refractivity contribution in [3.8, 4) is 16.3 Å². The molecule has 5 rings (SSSR count). The molecule has 2 aliphatic heterocycles. The summed E-state index contributed by atoms with van der Waals surface area (Å²) < 4.78 is 6.20. The molecule has 2 fully saturated rings. The molecule has 1 N–H and O–H groups in total. The summed E-state index contributed by atoms with van der Waals surface area (Å²) in [5.74, 6) is 0.172. The Morgan fingerprint density at radius 3 is 2.61 bits per heavy atom. The summed E-state index contributed by atoms with van der Waals surface area (Å²) in [6, 6.07) is 8.56. The van der Waals surface area contributed by atoms with E-state index < -0.39 is 12.0 Å². The molecular formula is C24H31N3O3S. The van der Waals surface area contributed by atoms with Gasteiger partial charge in [0.2, 0.25) is 0 Å². The number of benzene rings is 1. The molecule has 0 bridgehead atoms. The van der Waals surface area contributed by atoms with Gasteiger partial charge in [0.1, 0.15) is 22.9 Å². The van der Waals surface area contributed by atoms with Gasteiger partial charge in [-0.25, -0.2) is 4.98 Å². The number of nitrogens with zero attached hydrogens (tertiary/aromatic N) is 3. The maximum Gasteiger partial charge on any atom is 0.320 e. The largest absolute Gasteiger partial charge is 0.490 e. The van der Waals surface area contributed by atoms with Gasteiger partial charge < -0.3 is 14.7 Å². The molecule has 2 aromatic rings. The first-order valence-corrected chi connectivity index (χ1v) is 12.3. The second-order valence-electron chi connectivity index (χ2n) is 9.11. The number of thiazole rings is 1. The van der Waals surface area contributed by atoms with Gasteiger partial charge in [0.15, 0.2) is 0 Å². The minimum absolute atomic E-state index is 0.340. The SMILES string of the molecule is CC(C(=O)O)N1CCc2nc(-c3ccc(O[C@H]4C[C@H](N5CCCCC5)C4)cc3)sc2C1. The zero-order chi connectivity index (χ0) is 21.4. The number of aromatic nitrogens is 1. The highest BCUT2D eigenvalue weighted by molar-refractivity contribution is 7.15. The van der Waals surface area contributed by atoms with Crippen LogP contribution in [-0.2, 0) is 17.8 Å². The second-order valence-corrected chi connectivity index (χ2v) is 10.2. The number of carboxylic acid groups (broad SMARTS) is 1. The van der Waals surface area contributed by atoms with Crippen LogP contribution in [0.25, 0.3) is 10.6 Å². The van der Waals surface area contributed by atoms with Crippen LogP contribution in [0.3, 0.4) is 0 Å². The Kier molecular flexibility index (Phi) is 5.99. The lowest BCUT2D eigenvalue weighted by Crippen LogP contribution is -2.50. The van der Waals surface area contributed by atoms with Gasteiger partial charge in [-0.2, -0.15) is 0 Å². The summed E-state index contributed by atoms with van der Waals surface area (Å²) >= 11 is 1.68. The monoisotopic (exact) mass is 441 g/mol. The first-order valence-electron chi connectivity index (χ1n) is 11.5. The number of rotatable bonds is 6. The molecule has 1 unspecified atom stereocenters. The lowest BCUT2D eigenvalue weighted by Gasteiger charge is -2.44. The maximum absolute atomic E-state index is 11.3. The van der Waals surface area contributed by atoms with Crippen molar-refractivity contribution in [2.45, 2.75) is 70.2 Å². The molecule has 7 heteroatoms. The molecule has 0 radical (unpaired) electrons. The van der Waals surface area contributed by atoms with Crippen LogP contribution in [0.1, 0.15) is 49.6 Å². The molecule has 3 aliphatic rings. The normalized spacial score (nSPS) is 25.5. The first-order chi connectivity index (χ1) is 15.1. The molecule has 1 aliphatic carbocycles. The fraction of sp³-hybridized carbons (Fsp3) is 0.583. The van der Waals surface area contributed by atoms with Gasteiger partial charge in [0.25, 0.3) is 0 Å². The number of ether oxygens (including phenoxy) is 1. The topological polar surface area (TPSA) is 65.9 Å². The van der Waals surface area contributed by atoms with Crippen molar-refractivity contribution in [2.24, 2.45) is 0 Å². The van der Waals surface area contributed by atoms with Gasteiger partial charge in [-0.05, 0) is 57.1 Å². The number of hydrogen-bond donors (Lipinski definition) is 1. The van der Waals surface area contributed by atoms with E-state index in [-0.39, 0.29) is 0 Å². The van der Waals surface area contributed by atoms with E-state index in [0.717, 1.165) is 53.9 Å². The molecule has 1 saturated heterocycles. The van der Waals surface area contributed by atoms with E-state index in [1.54, 1.807) is 18.3 Å². The Bertz CT molecular complexity index is 917. The molecule has 31 heavy (non-hydrogen) atoms. The second kappa shape index (κ2) is 8.88. The minimum Gasteiger partial charge on any atom is -0.490 e. The maximum atomic E-state index is 11.3. The first kappa shape index (κ1) is 20.9. The molecule has 6 nitrogen and oxygen atoms in total. The molecular weight excluding hydrogens is 410 g/mol. The average molecular weight is 442 g/mol. The smallest absolute Gasteiger partial charge is 0.320 e. The molecule has 166 valence electrons. The Morgan fingerprint density at radius 1 is 1.16 bits per heavy atom. The van der Waals surface area contributed by atoms with Crippen molar-refractivity contribution in [3.05, 3.63) is 34.8 Å². The molecule has 1 saturated carbocycles. The zero-order valence-electron chi connectivity index (χ0n) is 18.1. The van der Waals surface area contributed by atoms with Crippen LogP contribution in [0.5, 0.6) is 5.75 Å². The number of piperidine rings is 1. The average Bonchev–Trinajstić information content (AvgIpc) is 3.19. The fourth-order valence-electron chi connectivity index (χ4n) is 4.91. The van der Waals surface area contributed by atoms with E-state index in [2.05, 4.69) is 29.2 Å². The van der Waals surface area contributed by atoms with Crippen molar-refractivity contribution >= 4 is 17.3 Å². The van der Waals surface area contributed by atoms with E-state index in [1.807, 2.05) is 4.90 Å².